The van der Waals surface area contributed by atoms with Crippen LogP contribution < -0.4 is 5.32 Å². The van der Waals surface area contributed by atoms with Gasteiger partial charge < -0.3 is 10.1 Å². The van der Waals surface area contributed by atoms with E-state index in [4.69, 9.17) is 4.74 Å². The van der Waals surface area contributed by atoms with E-state index in [1.807, 2.05) is 0 Å². The first-order chi connectivity index (χ1) is 13.6. The quantitative estimate of drug-likeness (QED) is 0.651. The molecule has 1 unspecified atom stereocenters. The Bertz CT molecular complexity index is 858. The number of aromatic nitrogens is 2. The van der Waals surface area contributed by atoms with Gasteiger partial charge in [-0.2, -0.15) is 0 Å². The van der Waals surface area contributed by atoms with E-state index in [1.54, 1.807) is 31.1 Å². The van der Waals surface area contributed by atoms with E-state index in [1.165, 1.54) is 5.56 Å². The molecule has 0 aliphatic carbocycles. The van der Waals surface area contributed by atoms with Crippen molar-refractivity contribution in [2.75, 3.05) is 25.0 Å². The van der Waals surface area contributed by atoms with Gasteiger partial charge in [0.05, 0.1) is 12.3 Å². The summed E-state index contributed by atoms with van der Waals surface area (Å²) >= 11 is 1.61. The highest BCUT2D eigenvalue weighted by Crippen LogP contribution is 2.42. The molecule has 0 bridgehead atoms. The molecular formula is C20H23FN4O2S. The number of hydrogen-bond donors (Lipinski definition) is 1. The second-order valence-electron chi connectivity index (χ2n) is 7.04. The minimum Gasteiger partial charge on any atom is -0.464 e. The van der Waals surface area contributed by atoms with E-state index in [0.717, 1.165) is 41.1 Å². The van der Waals surface area contributed by atoms with Crippen molar-refractivity contribution in [2.45, 2.75) is 42.4 Å². The molecule has 4 rings (SSSR count). The fourth-order valence-corrected chi connectivity index (χ4v) is 4.53. The summed E-state index contributed by atoms with van der Waals surface area (Å²) in [6, 6.07) is 6.37. The molecule has 1 fully saturated rings. The molecule has 6 nitrogen and oxygen atoms in total. The molecule has 2 aliphatic rings. The van der Waals surface area contributed by atoms with E-state index in [0.29, 0.717) is 12.8 Å². The summed E-state index contributed by atoms with van der Waals surface area (Å²) in [5.41, 5.74) is 2.23. The smallest absolute Gasteiger partial charge is 0.341 e. The lowest BCUT2D eigenvalue weighted by molar-refractivity contribution is -0.152. The first kappa shape index (κ1) is 19.1. The Morgan fingerprint density at radius 3 is 2.93 bits per heavy atom. The topological polar surface area (TPSA) is 67.3 Å². The molecule has 1 aromatic carbocycles. The number of fused-ring (bicyclic) bond motifs is 2. The second kappa shape index (κ2) is 8.45. The molecule has 1 saturated heterocycles. The number of benzene rings is 1. The zero-order valence-corrected chi connectivity index (χ0v) is 16.5. The summed E-state index contributed by atoms with van der Waals surface area (Å²) in [5, 5.41) is 4.23. The average Bonchev–Trinajstić information content (AvgIpc) is 2.72. The summed E-state index contributed by atoms with van der Waals surface area (Å²) in [4.78, 5) is 23.7. The largest absolute Gasteiger partial charge is 0.464 e. The number of hydrogen-bond acceptors (Lipinski definition) is 7. The Labute approximate surface area is 167 Å². The molecule has 1 aromatic heterocycles. The Balaban J connectivity index is 1.35. The lowest BCUT2D eigenvalue weighted by Gasteiger charge is -2.33. The van der Waals surface area contributed by atoms with Crippen LogP contribution >= 0.6 is 11.8 Å². The summed E-state index contributed by atoms with van der Waals surface area (Å²) < 4.78 is 19.0. The second-order valence-corrected chi connectivity index (χ2v) is 8.07. The molecule has 0 spiro atoms. The maximum absolute atomic E-state index is 14.2. The Morgan fingerprint density at radius 2 is 2.14 bits per heavy atom. The van der Waals surface area contributed by atoms with Crippen LogP contribution in [0.15, 0.2) is 40.5 Å². The van der Waals surface area contributed by atoms with Crippen LogP contribution in [0.4, 0.5) is 15.9 Å². The van der Waals surface area contributed by atoms with Gasteiger partial charge in [-0.15, -0.1) is 0 Å². The van der Waals surface area contributed by atoms with Crippen molar-refractivity contribution >= 4 is 29.2 Å². The molecule has 2 aliphatic heterocycles. The van der Waals surface area contributed by atoms with Crippen LogP contribution in [0.1, 0.15) is 25.3 Å². The van der Waals surface area contributed by atoms with E-state index < -0.39 is 12.1 Å². The highest BCUT2D eigenvalue weighted by atomic mass is 32.2. The predicted molar refractivity (Wildman–Crippen MR) is 105 cm³/mol. The first-order valence-electron chi connectivity index (χ1n) is 9.56. The molecule has 0 radical (unpaired) electrons. The Kier molecular flexibility index (Phi) is 5.77. The zero-order valence-electron chi connectivity index (χ0n) is 15.7. The molecule has 2 aromatic rings. The predicted octanol–water partition coefficient (Wildman–Crippen LogP) is 3.80. The Morgan fingerprint density at radius 1 is 1.36 bits per heavy atom. The number of esters is 1. The lowest BCUT2D eigenvalue weighted by Crippen LogP contribution is -2.39. The van der Waals surface area contributed by atoms with Crippen molar-refractivity contribution in [3.05, 3.63) is 36.2 Å². The Hall–Kier alpha value is -2.19. The number of anilines is 2. The summed E-state index contributed by atoms with van der Waals surface area (Å²) in [6.07, 6.45) is 3.21. The molecular weight excluding hydrogens is 379 g/mol. The first-order valence-corrected chi connectivity index (χ1v) is 10.4. The third-order valence-electron chi connectivity index (χ3n) is 5.13. The van der Waals surface area contributed by atoms with Crippen molar-refractivity contribution in [1.82, 2.24) is 14.9 Å². The fraction of sp³-hybridized carbons (Fsp3) is 0.450. The maximum atomic E-state index is 14.2. The van der Waals surface area contributed by atoms with Crippen molar-refractivity contribution < 1.29 is 13.9 Å². The van der Waals surface area contributed by atoms with Crippen molar-refractivity contribution in [1.29, 1.82) is 0 Å². The van der Waals surface area contributed by atoms with Crippen molar-refractivity contribution in [3.8, 4) is 0 Å². The summed E-state index contributed by atoms with van der Waals surface area (Å²) in [5.74, 6) is -0.180. The van der Waals surface area contributed by atoms with Crippen LogP contribution in [0.3, 0.4) is 0 Å². The molecule has 148 valence electrons. The van der Waals surface area contributed by atoms with Crippen molar-refractivity contribution in [2.24, 2.45) is 5.92 Å². The van der Waals surface area contributed by atoms with Crippen LogP contribution in [-0.4, -0.2) is 46.7 Å². The van der Waals surface area contributed by atoms with E-state index in [2.05, 4.69) is 38.4 Å². The van der Waals surface area contributed by atoms with Gasteiger partial charge in [0, 0.05) is 29.8 Å². The van der Waals surface area contributed by atoms with Gasteiger partial charge in [0.25, 0.3) is 0 Å². The van der Waals surface area contributed by atoms with Gasteiger partial charge in [-0.3, -0.25) is 4.90 Å². The molecule has 0 saturated carbocycles. The number of nitrogens with zero attached hydrogens (tertiary/aromatic N) is 3. The van der Waals surface area contributed by atoms with E-state index in [-0.39, 0.29) is 12.5 Å². The van der Waals surface area contributed by atoms with Crippen LogP contribution in [0.5, 0.6) is 0 Å². The number of likely N-dealkylation sites (tertiary alicyclic amines) is 1. The monoisotopic (exact) mass is 402 g/mol. The van der Waals surface area contributed by atoms with Crippen LogP contribution in [-0.2, 0) is 16.1 Å². The SMILES string of the molecule is CCOC(=O)C(F)C1CCN(Cc2ccc3c(c2)Nc2nccnc2S3)CC1. The van der Waals surface area contributed by atoms with Gasteiger partial charge >= 0.3 is 5.97 Å². The molecule has 28 heavy (non-hydrogen) atoms. The molecule has 0 amide bonds. The van der Waals surface area contributed by atoms with Gasteiger partial charge in [-0.1, -0.05) is 17.8 Å². The third-order valence-corrected chi connectivity index (χ3v) is 6.20. The van der Waals surface area contributed by atoms with Gasteiger partial charge in [0.15, 0.2) is 12.0 Å². The number of alkyl halides is 1. The van der Waals surface area contributed by atoms with E-state index in [9.17, 15) is 9.18 Å². The van der Waals surface area contributed by atoms with Gasteiger partial charge in [-0.05, 0) is 50.6 Å². The van der Waals surface area contributed by atoms with Gasteiger partial charge in [-0.25, -0.2) is 19.2 Å². The number of carbonyl (C=O) groups excluding carboxylic acids is 1. The summed E-state index contributed by atoms with van der Waals surface area (Å²) in [7, 11) is 0. The minimum atomic E-state index is -1.51. The number of nitrogens with one attached hydrogen (secondary N) is 1. The maximum Gasteiger partial charge on any atom is 0.341 e. The number of rotatable bonds is 5. The molecule has 1 N–H and O–H groups in total. The fourth-order valence-electron chi connectivity index (χ4n) is 3.66. The number of piperidine rings is 1. The summed E-state index contributed by atoms with van der Waals surface area (Å²) in [6.45, 7) is 4.27. The minimum absolute atomic E-state index is 0.221. The third kappa shape index (κ3) is 4.12. The van der Waals surface area contributed by atoms with Gasteiger partial charge in [0.2, 0.25) is 0 Å². The standard InChI is InChI=1S/C20H23FN4O2S/c1-2-27-20(26)17(21)14-5-9-25(10-6-14)12-13-3-4-16-15(11-13)24-18-19(28-16)23-8-7-22-18/h3-4,7-8,11,14,17H,2,5-6,9-10,12H2,1H3,(H,22,24). The number of carbonyl (C=O) groups is 1. The lowest BCUT2D eigenvalue weighted by atomic mass is 9.92. The highest BCUT2D eigenvalue weighted by Gasteiger charge is 2.32. The number of ether oxygens (including phenoxy) is 1. The molecule has 3 heterocycles. The van der Waals surface area contributed by atoms with Crippen LogP contribution in [0.25, 0.3) is 0 Å². The van der Waals surface area contributed by atoms with E-state index >= 15 is 0 Å². The highest BCUT2D eigenvalue weighted by molar-refractivity contribution is 7.99. The normalized spacial score (nSPS) is 17.9. The molecule has 1 atom stereocenters. The average molecular weight is 402 g/mol. The molecule has 8 heteroatoms. The van der Waals surface area contributed by atoms with Crippen LogP contribution in [0.2, 0.25) is 0 Å². The zero-order chi connectivity index (χ0) is 19.5. The van der Waals surface area contributed by atoms with Crippen LogP contribution in [0, 0.1) is 5.92 Å². The van der Waals surface area contributed by atoms with Crippen molar-refractivity contribution in [3.63, 3.8) is 0 Å². The number of halogens is 1. The van der Waals surface area contributed by atoms with Gasteiger partial charge in [0.1, 0.15) is 5.03 Å².